The lowest BCUT2D eigenvalue weighted by Gasteiger charge is -2.20. The van der Waals surface area contributed by atoms with Crippen LogP contribution in [0, 0.1) is 11.3 Å². The molecule has 2 aromatic rings. The van der Waals surface area contributed by atoms with Crippen LogP contribution in [0.1, 0.15) is 5.56 Å². The van der Waals surface area contributed by atoms with Gasteiger partial charge in [0.1, 0.15) is 0 Å². The van der Waals surface area contributed by atoms with Crippen LogP contribution >= 0.6 is 11.6 Å². The molecular formula is C13H11ClN4. The van der Waals surface area contributed by atoms with Crippen molar-refractivity contribution in [2.45, 2.75) is 0 Å². The molecule has 90 valence electrons. The number of anilines is 3. The summed E-state index contributed by atoms with van der Waals surface area (Å²) in [6.45, 7) is 0. The number of nitriles is 1. The highest BCUT2D eigenvalue weighted by molar-refractivity contribution is 6.30. The molecule has 1 heterocycles. The number of aromatic nitrogens is 1. The van der Waals surface area contributed by atoms with E-state index in [0.717, 1.165) is 5.69 Å². The van der Waals surface area contributed by atoms with E-state index in [-0.39, 0.29) is 0 Å². The Labute approximate surface area is 110 Å². The van der Waals surface area contributed by atoms with Gasteiger partial charge >= 0.3 is 0 Å². The molecule has 5 heteroatoms. The lowest BCUT2D eigenvalue weighted by Crippen LogP contribution is -2.13. The van der Waals surface area contributed by atoms with Crippen LogP contribution in [-0.2, 0) is 0 Å². The summed E-state index contributed by atoms with van der Waals surface area (Å²) in [4.78, 5) is 6.01. The van der Waals surface area contributed by atoms with Crippen molar-refractivity contribution in [1.82, 2.24) is 4.98 Å². The molecule has 2 N–H and O–H groups in total. The number of nitrogens with zero attached hydrogens (tertiary/aromatic N) is 3. The first-order valence-electron chi connectivity index (χ1n) is 5.26. The van der Waals surface area contributed by atoms with Crippen molar-refractivity contribution in [3.63, 3.8) is 0 Å². The summed E-state index contributed by atoms with van der Waals surface area (Å²) in [5.41, 5.74) is 7.80. The first-order chi connectivity index (χ1) is 8.61. The SMILES string of the molecule is CN(c1cccc(C#N)c1)c1ncc(Cl)cc1N. The Morgan fingerprint density at radius 2 is 2.17 bits per heavy atom. The van der Waals surface area contributed by atoms with Crippen molar-refractivity contribution in [3.05, 3.63) is 47.1 Å². The van der Waals surface area contributed by atoms with Gasteiger partial charge in [0.15, 0.2) is 5.82 Å². The molecule has 18 heavy (non-hydrogen) atoms. The Morgan fingerprint density at radius 1 is 1.39 bits per heavy atom. The Balaban J connectivity index is 2.41. The Hall–Kier alpha value is -2.25. The van der Waals surface area contributed by atoms with Crippen molar-refractivity contribution in [2.75, 3.05) is 17.7 Å². The molecule has 0 saturated carbocycles. The largest absolute Gasteiger partial charge is 0.396 e. The van der Waals surface area contributed by atoms with Gasteiger partial charge in [-0.1, -0.05) is 17.7 Å². The minimum absolute atomic E-state index is 0.493. The van der Waals surface area contributed by atoms with Crippen LogP contribution in [0.15, 0.2) is 36.5 Å². The van der Waals surface area contributed by atoms with Crippen molar-refractivity contribution in [1.29, 1.82) is 5.26 Å². The zero-order chi connectivity index (χ0) is 13.1. The average molecular weight is 259 g/mol. The summed E-state index contributed by atoms with van der Waals surface area (Å²) < 4.78 is 0. The van der Waals surface area contributed by atoms with Crippen LogP contribution < -0.4 is 10.6 Å². The fourth-order valence-electron chi connectivity index (χ4n) is 1.63. The van der Waals surface area contributed by atoms with Crippen LogP contribution in [0.4, 0.5) is 17.2 Å². The fraction of sp³-hybridized carbons (Fsp3) is 0.0769. The summed E-state index contributed by atoms with van der Waals surface area (Å²) in [5.74, 6) is 0.606. The maximum absolute atomic E-state index is 8.88. The second-order valence-electron chi connectivity index (χ2n) is 3.79. The predicted octanol–water partition coefficient (Wildman–Crippen LogP) is 2.96. The third kappa shape index (κ3) is 2.36. The van der Waals surface area contributed by atoms with Gasteiger partial charge in [-0.25, -0.2) is 4.98 Å². The molecular weight excluding hydrogens is 248 g/mol. The van der Waals surface area contributed by atoms with E-state index < -0.39 is 0 Å². The molecule has 0 aliphatic heterocycles. The minimum Gasteiger partial charge on any atom is -0.396 e. The Kier molecular flexibility index (Phi) is 3.35. The van der Waals surface area contributed by atoms with E-state index >= 15 is 0 Å². The lowest BCUT2D eigenvalue weighted by atomic mass is 10.2. The van der Waals surface area contributed by atoms with E-state index in [1.807, 2.05) is 24.1 Å². The zero-order valence-electron chi connectivity index (χ0n) is 9.76. The molecule has 1 aromatic carbocycles. The molecule has 0 saturated heterocycles. The van der Waals surface area contributed by atoms with E-state index in [9.17, 15) is 0 Å². The number of nitrogens with two attached hydrogens (primary N) is 1. The second-order valence-corrected chi connectivity index (χ2v) is 4.22. The number of rotatable bonds is 2. The van der Waals surface area contributed by atoms with Gasteiger partial charge in [0.2, 0.25) is 0 Å². The topological polar surface area (TPSA) is 65.9 Å². The number of nitrogen functional groups attached to an aromatic ring is 1. The first kappa shape index (κ1) is 12.2. The number of benzene rings is 1. The van der Waals surface area contributed by atoms with E-state index in [1.54, 1.807) is 18.2 Å². The Bertz CT molecular complexity index is 619. The highest BCUT2D eigenvalue weighted by atomic mass is 35.5. The van der Waals surface area contributed by atoms with Gasteiger partial charge in [-0.15, -0.1) is 0 Å². The van der Waals surface area contributed by atoms with Gasteiger partial charge in [0.25, 0.3) is 0 Å². The first-order valence-corrected chi connectivity index (χ1v) is 5.64. The van der Waals surface area contributed by atoms with E-state index in [1.165, 1.54) is 6.20 Å². The standard InChI is InChI=1S/C13H11ClN4/c1-18(11-4-2-3-9(5-11)7-15)13-12(16)6-10(14)8-17-13/h2-6,8H,16H2,1H3. The smallest absolute Gasteiger partial charge is 0.156 e. The maximum Gasteiger partial charge on any atom is 0.156 e. The molecule has 0 atom stereocenters. The Morgan fingerprint density at radius 3 is 2.83 bits per heavy atom. The van der Waals surface area contributed by atoms with Crippen LogP contribution in [0.25, 0.3) is 0 Å². The van der Waals surface area contributed by atoms with Gasteiger partial charge in [-0.3, -0.25) is 0 Å². The molecule has 0 aliphatic carbocycles. The van der Waals surface area contributed by atoms with Crippen molar-refractivity contribution in [2.24, 2.45) is 0 Å². The summed E-state index contributed by atoms with van der Waals surface area (Å²) in [6, 6.07) is 11.0. The zero-order valence-corrected chi connectivity index (χ0v) is 10.5. The summed E-state index contributed by atoms with van der Waals surface area (Å²) in [6.07, 6.45) is 1.54. The third-order valence-corrected chi connectivity index (χ3v) is 2.75. The highest BCUT2D eigenvalue weighted by Crippen LogP contribution is 2.28. The van der Waals surface area contributed by atoms with Gasteiger partial charge in [-0.05, 0) is 24.3 Å². The number of hydrogen-bond donors (Lipinski definition) is 1. The van der Waals surface area contributed by atoms with E-state index in [4.69, 9.17) is 22.6 Å². The van der Waals surface area contributed by atoms with Crippen LogP contribution in [0.5, 0.6) is 0 Å². The molecule has 0 aliphatic rings. The van der Waals surface area contributed by atoms with Gasteiger partial charge in [-0.2, -0.15) is 5.26 Å². The summed E-state index contributed by atoms with van der Waals surface area (Å²) in [7, 11) is 1.84. The summed E-state index contributed by atoms with van der Waals surface area (Å²) in [5, 5.41) is 9.37. The number of pyridine rings is 1. The second kappa shape index (κ2) is 4.94. The van der Waals surface area contributed by atoms with Gasteiger partial charge in [0.05, 0.1) is 22.3 Å². The summed E-state index contributed by atoms with van der Waals surface area (Å²) >= 11 is 5.81. The van der Waals surface area contributed by atoms with Crippen molar-refractivity contribution < 1.29 is 0 Å². The quantitative estimate of drug-likeness (QED) is 0.899. The molecule has 4 nitrogen and oxygen atoms in total. The molecule has 0 spiro atoms. The predicted molar refractivity (Wildman–Crippen MR) is 72.9 cm³/mol. The van der Waals surface area contributed by atoms with Crippen molar-refractivity contribution in [3.8, 4) is 6.07 Å². The third-order valence-electron chi connectivity index (χ3n) is 2.54. The van der Waals surface area contributed by atoms with Crippen LogP contribution in [0.2, 0.25) is 5.02 Å². The van der Waals surface area contributed by atoms with E-state index in [2.05, 4.69) is 11.1 Å². The molecule has 2 rings (SSSR count). The highest BCUT2D eigenvalue weighted by Gasteiger charge is 2.10. The average Bonchev–Trinajstić information content (AvgIpc) is 2.38. The number of halogens is 1. The molecule has 0 radical (unpaired) electrons. The fourth-order valence-corrected chi connectivity index (χ4v) is 1.80. The minimum atomic E-state index is 0.493. The monoisotopic (exact) mass is 258 g/mol. The molecule has 0 bridgehead atoms. The van der Waals surface area contributed by atoms with E-state index in [0.29, 0.717) is 22.1 Å². The van der Waals surface area contributed by atoms with Crippen molar-refractivity contribution >= 4 is 28.8 Å². The number of hydrogen-bond acceptors (Lipinski definition) is 4. The van der Waals surface area contributed by atoms with Gasteiger partial charge < -0.3 is 10.6 Å². The molecule has 0 fully saturated rings. The van der Waals surface area contributed by atoms with Crippen LogP contribution in [0.3, 0.4) is 0 Å². The van der Waals surface area contributed by atoms with Gasteiger partial charge in [0, 0.05) is 18.9 Å². The molecule has 1 aromatic heterocycles. The maximum atomic E-state index is 8.88. The van der Waals surface area contributed by atoms with Crippen LogP contribution in [-0.4, -0.2) is 12.0 Å². The molecule has 0 amide bonds. The lowest BCUT2D eigenvalue weighted by molar-refractivity contribution is 1.13. The molecule has 0 unspecified atom stereocenters. The normalized spacial score (nSPS) is 9.83.